The number of aromatic nitrogens is 1. The van der Waals surface area contributed by atoms with Crippen LogP contribution in [0.5, 0.6) is 5.75 Å². The number of hydrogen-bond donors (Lipinski definition) is 1. The number of nitrogens with zero attached hydrogens (tertiary/aromatic N) is 2. The number of carbonyl (C=O) groups is 1. The van der Waals surface area contributed by atoms with E-state index in [1.807, 2.05) is 56.6 Å². The van der Waals surface area contributed by atoms with Gasteiger partial charge in [0.2, 0.25) is 0 Å². The predicted octanol–water partition coefficient (Wildman–Crippen LogP) is 6.35. The molecule has 3 aromatic carbocycles. The van der Waals surface area contributed by atoms with Crippen LogP contribution in [0.15, 0.2) is 79.0 Å². The molecule has 170 valence electrons. The number of anilines is 1. The summed E-state index contributed by atoms with van der Waals surface area (Å²) in [6.45, 7) is 0.744. The standard InChI is InChI=1S/C25H22F3N3O2/c1-30(2)15-17-7-3-4-8-20(17)22-16-31(23-10-6-5-9-21(22)23)24(32)29-18-11-13-19(14-12-18)33-25(26,27)28/h3-14,16H,15H2,1-2H3,(H,29,32). The van der Waals surface area contributed by atoms with E-state index in [2.05, 4.69) is 21.0 Å². The van der Waals surface area contributed by atoms with E-state index in [9.17, 15) is 18.0 Å². The molecular weight excluding hydrogens is 431 g/mol. The van der Waals surface area contributed by atoms with E-state index in [4.69, 9.17) is 0 Å². The summed E-state index contributed by atoms with van der Waals surface area (Å²) in [5.74, 6) is -0.355. The molecule has 0 spiro atoms. The molecule has 0 atom stereocenters. The number of nitrogens with one attached hydrogen (secondary N) is 1. The third-order valence-corrected chi connectivity index (χ3v) is 5.06. The Morgan fingerprint density at radius 2 is 1.61 bits per heavy atom. The zero-order valence-corrected chi connectivity index (χ0v) is 18.1. The van der Waals surface area contributed by atoms with Gasteiger partial charge in [-0.2, -0.15) is 0 Å². The van der Waals surface area contributed by atoms with Crippen molar-refractivity contribution in [1.82, 2.24) is 9.47 Å². The molecule has 0 saturated carbocycles. The third-order valence-electron chi connectivity index (χ3n) is 5.06. The number of benzene rings is 3. The number of halogens is 3. The van der Waals surface area contributed by atoms with Gasteiger partial charge in [-0.3, -0.25) is 4.57 Å². The van der Waals surface area contributed by atoms with E-state index in [1.54, 1.807) is 6.20 Å². The molecule has 0 aliphatic carbocycles. The maximum Gasteiger partial charge on any atom is 0.573 e. The molecule has 8 heteroatoms. The number of carbonyl (C=O) groups excluding carboxylic acids is 1. The van der Waals surface area contributed by atoms with Crippen molar-refractivity contribution in [1.29, 1.82) is 0 Å². The lowest BCUT2D eigenvalue weighted by molar-refractivity contribution is -0.274. The Morgan fingerprint density at radius 3 is 2.30 bits per heavy atom. The second-order valence-electron chi connectivity index (χ2n) is 7.83. The molecule has 0 aliphatic heterocycles. The number of rotatable bonds is 5. The SMILES string of the molecule is CN(C)Cc1ccccc1-c1cn(C(=O)Nc2ccc(OC(F)(F)F)cc2)c2ccccc12. The van der Waals surface area contributed by atoms with Crippen molar-refractivity contribution in [2.75, 3.05) is 19.4 Å². The van der Waals surface area contributed by atoms with Crippen LogP contribution >= 0.6 is 0 Å². The van der Waals surface area contributed by atoms with E-state index < -0.39 is 12.4 Å². The number of ether oxygens (including phenoxy) is 1. The summed E-state index contributed by atoms with van der Waals surface area (Å²) >= 11 is 0. The molecule has 4 aromatic rings. The number of para-hydroxylation sites is 1. The van der Waals surface area contributed by atoms with Gasteiger partial charge in [0.15, 0.2) is 0 Å². The molecule has 1 heterocycles. The molecule has 33 heavy (non-hydrogen) atoms. The van der Waals surface area contributed by atoms with Crippen molar-refractivity contribution < 1.29 is 22.7 Å². The molecule has 0 fully saturated rings. The second kappa shape index (κ2) is 8.99. The van der Waals surface area contributed by atoms with Crippen LogP contribution in [-0.4, -0.2) is 36.0 Å². The lowest BCUT2D eigenvalue weighted by atomic mass is 9.99. The highest BCUT2D eigenvalue weighted by Gasteiger charge is 2.31. The van der Waals surface area contributed by atoms with Crippen LogP contribution in [0.4, 0.5) is 23.7 Å². The number of alkyl halides is 3. The lowest BCUT2D eigenvalue weighted by Crippen LogP contribution is -2.19. The fourth-order valence-corrected chi connectivity index (χ4v) is 3.75. The average Bonchev–Trinajstić information content (AvgIpc) is 3.14. The van der Waals surface area contributed by atoms with E-state index in [0.717, 1.165) is 46.3 Å². The van der Waals surface area contributed by atoms with Crippen LogP contribution in [0.25, 0.3) is 22.0 Å². The fraction of sp³-hybridized carbons (Fsp3) is 0.160. The van der Waals surface area contributed by atoms with Gasteiger partial charge in [-0.05, 0) is 55.6 Å². The van der Waals surface area contributed by atoms with Crippen molar-refractivity contribution in [2.45, 2.75) is 12.9 Å². The first-order valence-electron chi connectivity index (χ1n) is 10.2. The third kappa shape index (κ3) is 5.18. The Balaban J connectivity index is 1.67. The minimum absolute atomic E-state index is 0.349. The number of fused-ring (bicyclic) bond motifs is 1. The summed E-state index contributed by atoms with van der Waals surface area (Å²) in [6, 6.07) is 20.2. The Bertz CT molecular complexity index is 1280. The van der Waals surface area contributed by atoms with Gasteiger partial charge in [-0.25, -0.2) is 4.79 Å². The van der Waals surface area contributed by atoms with Crippen molar-refractivity contribution in [3.05, 3.63) is 84.6 Å². The van der Waals surface area contributed by atoms with Gasteiger partial charge < -0.3 is 15.0 Å². The Labute approximate surface area is 189 Å². The summed E-state index contributed by atoms with van der Waals surface area (Å²) in [7, 11) is 4.00. The van der Waals surface area contributed by atoms with E-state index >= 15 is 0 Å². The van der Waals surface area contributed by atoms with Crippen molar-refractivity contribution in [3.8, 4) is 16.9 Å². The van der Waals surface area contributed by atoms with E-state index in [1.165, 1.54) is 16.7 Å². The zero-order chi connectivity index (χ0) is 23.6. The van der Waals surface area contributed by atoms with Crippen molar-refractivity contribution >= 4 is 22.6 Å². The Hall–Kier alpha value is -3.78. The van der Waals surface area contributed by atoms with Gasteiger partial charge in [-0.1, -0.05) is 42.5 Å². The molecule has 1 N–H and O–H groups in total. The summed E-state index contributed by atoms with van der Waals surface area (Å²) in [6.07, 6.45) is -2.98. The molecule has 0 aliphatic rings. The summed E-state index contributed by atoms with van der Waals surface area (Å²) in [4.78, 5) is 15.2. The van der Waals surface area contributed by atoms with E-state index in [0.29, 0.717) is 5.69 Å². The van der Waals surface area contributed by atoms with Gasteiger partial charge in [0, 0.05) is 29.4 Å². The molecule has 0 unspecified atom stereocenters. The molecule has 5 nitrogen and oxygen atoms in total. The van der Waals surface area contributed by atoms with Crippen LogP contribution in [0, 0.1) is 0 Å². The number of hydrogen-bond acceptors (Lipinski definition) is 3. The Morgan fingerprint density at radius 1 is 0.939 bits per heavy atom. The molecule has 1 amide bonds. The fourth-order valence-electron chi connectivity index (χ4n) is 3.75. The van der Waals surface area contributed by atoms with Crippen molar-refractivity contribution in [3.63, 3.8) is 0 Å². The predicted molar refractivity (Wildman–Crippen MR) is 122 cm³/mol. The first-order chi connectivity index (χ1) is 15.7. The lowest BCUT2D eigenvalue weighted by Gasteiger charge is -2.13. The first kappa shape index (κ1) is 22.4. The highest BCUT2D eigenvalue weighted by molar-refractivity contribution is 6.04. The summed E-state index contributed by atoms with van der Waals surface area (Å²) < 4.78 is 42.5. The van der Waals surface area contributed by atoms with Gasteiger partial charge >= 0.3 is 12.4 Å². The highest BCUT2D eigenvalue weighted by Crippen LogP contribution is 2.33. The first-order valence-corrected chi connectivity index (χ1v) is 10.2. The smallest absolute Gasteiger partial charge is 0.406 e. The quantitative estimate of drug-likeness (QED) is 0.383. The molecule has 0 saturated heterocycles. The van der Waals surface area contributed by atoms with Crippen LogP contribution < -0.4 is 10.1 Å². The minimum Gasteiger partial charge on any atom is -0.406 e. The van der Waals surface area contributed by atoms with Crippen LogP contribution in [0.1, 0.15) is 5.56 Å². The van der Waals surface area contributed by atoms with Crippen LogP contribution in [0.3, 0.4) is 0 Å². The molecule has 0 bridgehead atoms. The average molecular weight is 453 g/mol. The normalized spacial score (nSPS) is 11.7. The maximum atomic E-state index is 13.1. The maximum absolute atomic E-state index is 13.1. The monoisotopic (exact) mass is 453 g/mol. The van der Waals surface area contributed by atoms with Gasteiger partial charge in [0.1, 0.15) is 5.75 Å². The zero-order valence-electron chi connectivity index (χ0n) is 18.1. The summed E-state index contributed by atoms with van der Waals surface area (Å²) in [5, 5.41) is 3.65. The molecule has 1 aromatic heterocycles. The molecular formula is C25H22F3N3O2. The van der Waals surface area contributed by atoms with Crippen molar-refractivity contribution in [2.24, 2.45) is 0 Å². The van der Waals surface area contributed by atoms with Gasteiger partial charge in [0.25, 0.3) is 0 Å². The van der Waals surface area contributed by atoms with Crippen LogP contribution in [-0.2, 0) is 6.54 Å². The van der Waals surface area contributed by atoms with Crippen LogP contribution in [0.2, 0.25) is 0 Å². The van der Waals surface area contributed by atoms with E-state index in [-0.39, 0.29) is 5.75 Å². The van der Waals surface area contributed by atoms with Gasteiger partial charge in [0.05, 0.1) is 5.52 Å². The highest BCUT2D eigenvalue weighted by atomic mass is 19.4. The summed E-state index contributed by atoms with van der Waals surface area (Å²) in [5.41, 5.74) is 4.16. The largest absolute Gasteiger partial charge is 0.573 e. The molecule has 0 radical (unpaired) electrons. The van der Waals surface area contributed by atoms with Gasteiger partial charge in [-0.15, -0.1) is 13.2 Å². The number of amides is 1. The minimum atomic E-state index is -4.77. The topological polar surface area (TPSA) is 46.5 Å². The second-order valence-corrected chi connectivity index (χ2v) is 7.83. The molecule has 4 rings (SSSR count). The Kier molecular flexibility index (Phi) is 6.11.